The van der Waals surface area contributed by atoms with E-state index in [9.17, 15) is 9.46 Å². The van der Waals surface area contributed by atoms with Crippen molar-refractivity contribution in [3.63, 3.8) is 0 Å². The van der Waals surface area contributed by atoms with Crippen LogP contribution in [0.2, 0.25) is 0 Å². The van der Waals surface area contributed by atoms with Crippen LogP contribution in [0.5, 0.6) is 0 Å². The summed E-state index contributed by atoms with van der Waals surface area (Å²) in [6, 6.07) is 0. The summed E-state index contributed by atoms with van der Waals surface area (Å²) in [5, 5.41) is 0. The molecule has 0 aromatic rings. The molecule has 1 unspecified atom stereocenters. The van der Waals surface area contributed by atoms with Gasteiger partial charge in [-0.05, 0) is 6.42 Å². The Morgan fingerprint density at radius 3 is 1.62 bits per heavy atom. The summed E-state index contributed by atoms with van der Waals surface area (Å²) < 4.78 is 23.7. The molecule has 1 aliphatic heterocycles. The molecule has 1 heterocycles. The maximum atomic E-state index is 12.2. The number of hydrogen-bond donors (Lipinski definition) is 0. The summed E-state index contributed by atoms with van der Waals surface area (Å²) >= 11 is 0. The molecule has 1 aliphatic rings. The Bertz CT molecular complexity index is 521. The first-order valence-corrected chi connectivity index (χ1v) is 16.2. The van der Waals surface area contributed by atoms with E-state index in [0.717, 1.165) is 49.8 Å². The van der Waals surface area contributed by atoms with Gasteiger partial charge >= 0.3 is 0 Å². The number of phosphoric ester groups is 1. The molecule has 1 saturated heterocycles. The molecule has 0 saturated carbocycles. The van der Waals surface area contributed by atoms with Gasteiger partial charge in [-0.3, -0.25) is 4.57 Å². The van der Waals surface area contributed by atoms with Crippen molar-refractivity contribution in [2.24, 2.45) is 5.92 Å². The van der Waals surface area contributed by atoms with Crippen LogP contribution < -0.4 is 4.89 Å². The third-order valence-electron chi connectivity index (χ3n) is 7.31. The highest BCUT2D eigenvalue weighted by molar-refractivity contribution is 7.45. The standard InChI is InChI=1S/C28H58NO4P/c1-5-6-7-8-9-10-11-12-13-14-15-16-17-18-19-20-25-32-34(30,31)33-28-21-23-29(4,24-22-28)26-27(2)3/h27-28H,5-26H2,1-4H3. The quantitative estimate of drug-likeness (QED) is 0.0852. The topological polar surface area (TPSA) is 58.6 Å². The largest absolute Gasteiger partial charge is 0.756 e. The van der Waals surface area contributed by atoms with E-state index in [2.05, 4.69) is 27.8 Å². The zero-order valence-corrected chi connectivity index (χ0v) is 24.1. The lowest BCUT2D eigenvalue weighted by atomic mass is 10.0. The normalized spacial score (nSPS) is 22.8. The smallest absolute Gasteiger partial charge is 0.268 e. The van der Waals surface area contributed by atoms with Gasteiger partial charge in [0.1, 0.15) is 0 Å². The number of piperidine rings is 1. The molecule has 0 radical (unpaired) electrons. The van der Waals surface area contributed by atoms with Crippen LogP contribution in [0.1, 0.15) is 136 Å². The maximum absolute atomic E-state index is 12.2. The molecule has 0 spiro atoms. The molecule has 0 aromatic heterocycles. The van der Waals surface area contributed by atoms with Gasteiger partial charge in [-0.25, -0.2) is 0 Å². The average Bonchev–Trinajstić information content (AvgIpc) is 2.77. The van der Waals surface area contributed by atoms with Gasteiger partial charge in [-0.1, -0.05) is 117 Å². The Morgan fingerprint density at radius 2 is 1.21 bits per heavy atom. The first kappa shape index (κ1) is 32.1. The highest BCUT2D eigenvalue weighted by Gasteiger charge is 2.32. The van der Waals surface area contributed by atoms with Gasteiger partial charge in [-0.15, -0.1) is 0 Å². The predicted octanol–water partition coefficient (Wildman–Crippen LogP) is 8.01. The SMILES string of the molecule is CCCCCCCCCCCCCCCCCCOP(=O)([O-])OC1CC[N+](C)(CC(C)C)CC1. The van der Waals surface area contributed by atoms with Crippen LogP contribution in [0.3, 0.4) is 0 Å². The van der Waals surface area contributed by atoms with E-state index in [1.54, 1.807) is 0 Å². The molecular weight excluding hydrogens is 445 g/mol. The van der Waals surface area contributed by atoms with E-state index in [-0.39, 0.29) is 12.7 Å². The van der Waals surface area contributed by atoms with Gasteiger partial charge in [-0.2, -0.15) is 0 Å². The lowest BCUT2D eigenvalue weighted by Crippen LogP contribution is -2.53. The number of nitrogens with zero attached hydrogens (tertiary/aromatic N) is 1. The molecule has 1 atom stereocenters. The number of quaternary nitrogens is 1. The van der Waals surface area contributed by atoms with Gasteiger partial charge in [0.2, 0.25) is 0 Å². The summed E-state index contributed by atoms with van der Waals surface area (Å²) in [5.41, 5.74) is 0. The minimum atomic E-state index is -4.18. The molecule has 204 valence electrons. The molecular formula is C28H58NO4P. The Balaban J connectivity index is 1.90. The molecule has 5 nitrogen and oxygen atoms in total. The fourth-order valence-corrected chi connectivity index (χ4v) is 6.37. The van der Waals surface area contributed by atoms with E-state index in [1.807, 2.05) is 0 Å². The third-order valence-corrected chi connectivity index (χ3v) is 8.37. The minimum Gasteiger partial charge on any atom is -0.756 e. The number of hydrogen-bond acceptors (Lipinski definition) is 4. The summed E-state index contributed by atoms with van der Waals surface area (Å²) in [6.07, 6.45) is 22.3. The molecule has 0 aromatic carbocycles. The summed E-state index contributed by atoms with van der Waals surface area (Å²) in [7, 11) is -1.91. The van der Waals surface area contributed by atoms with E-state index in [1.165, 1.54) is 89.9 Å². The lowest BCUT2D eigenvalue weighted by Gasteiger charge is -2.42. The second kappa shape index (κ2) is 19.2. The molecule has 6 heteroatoms. The van der Waals surface area contributed by atoms with Crippen LogP contribution in [0.4, 0.5) is 0 Å². The maximum Gasteiger partial charge on any atom is 0.268 e. The predicted molar refractivity (Wildman–Crippen MR) is 143 cm³/mol. The number of rotatable bonds is 22. The third kappa shape index (κ3) is 17.5. The average molecular weight is 504 g/mol. The summed E-state index contributed by atoms with van der Waals surface area (Å²) in [5.74, 6) is 0.649. The Kier molecular flexibility index (Phi) is 18.1. The van der Waals surface area contributed by atoms with Crippen molar-refractivity contribution in [1.82, 2.24) is 0 Å². The van der Waals surface area contributed by atoms with Crippen LogP contribution in [0, 0.1) is 5.92 Å². The molecule has 0 N–H and O–H groups in total. The Morgan fingerprint density at radius 1 is 0.794 bits per heavy atom. The van der Waals surface area contributed by atoms with E-state index >= 15 is 0 Å². The number of phosphoric acid groups is 1. The zero-order valence-electron chi connectivity index (χ0n) is 23.2. The molecule has 1 rings (SSSR count). The molecule has 1 fully saturated rings. The van der Waals surface area contributed by atoms with Crippen molar-refractivity contribution in [1.29, 1.82) is 0 Å². The fraction of sp³-hybridized carbons (Fsp3) is 1.00. The Hall–Kier alpha value is 0.0700. The second-order valence-corrected chi connectivity index (χ2v) is 12.9. The monoisotopic (exact) mass is 503 g/mol. The van der Waals surface area contributed by atoms with Crippen molar-refractivity contribution in [2.75, 3.05) is 33.3 Å². The lowest BCUT2D eigenvalue weighted by molar-refractivity contribution is -0.917. The Labute approximate surface area is 212 Å². The van der Waals surface area contributed by atoms with E-state index in [0.29, 0.717) is 5.92 Å². The van der Waals surface area contributed by atoms with Crippen molar-refractivity contribution in [3.8, 4) is 0 Å². The van der Waals surface area contributed by atoms with Gasteiger partial charge in [0, 0.05) is 18.8 Å². The second-order valence-electron chi connectivity index (χ2n) is 11.5. The first-order chi connectivity index (χ1) is 16.3. The van der Waals surface area contributed by atoms with Crippen LogP contribution in [0.15, 0.2) is 0 Å². The number of unbranched alkanes of at least 4 members (excludes halogenated alkanes) is 15. The van der Waals surface area contributed by atoms with Gasteiger partial charge in [0.15, 0.2) is 0 Å². The molecule has 34 heavy (non-hydrogen) atoms. The molecule has 0 aliphatic carbocycles. The van der Waals surface area contributed by atoms with Crippen molar-refractivity contribution >= 4 is 7.82 Å². The van der Waals surface area contributed by atoms with Gasteiger partial charge < -0.3 is 18.4 Å². The molecule has 0 amide bonds. The van der Waals surface area contributed by atoms with Crippen LogP contribution >= 0.6 is 7.82 Å². The van der Waals surface area contributed by atoms with E-state index in [4.69, 9.17) is 9.05 Å². The van der Waals surface area contributed by atoms with Crippen LogP contribution in [-0.4, -0.2) is 43.9 Å². The molecule has 0 bridgehead atoms. The minimum absolute atomic E-state index is 0.215. The number of likely N-dealkylation sites (tertiary alicyclic amines) is 1. The van der Waals surface area contributed by atoms with Crippen molar-refractivity contribution < 1.29 is 23.0 Å². The highest BCUT2D eigenvalue weighted by Crippen LogP contribution is 2.42. The fourth-order valence-electron chi connectivity index (χ4n) is 5.38. The van der Waals surface area contributed by atoms with Crippen molar-refractivity contribution in [2.45, 2.75) is 142 Å². The summed E-state index contributed by atoms with van der Waals surface area (Å²) in [6.45, 7) is 10.1. The first-order valence-electron chi connectivity index (χ1n) is 14.7. The van der Waals surface area contributed by atoms with Crippen LogP contribution in [0.25, 0.3) is 0 Å². The van der Waals surface area contributed by atoms with Crippen molar-refractivity contribution in [3.05, 3.63) is 0 Å². The van der Waals surface area contributed by atoms with Gasteiger partial charge in [0.25, 0.3) is 7.82 Å². The van der Waals surface area contributed by atoms with Crippen LogP contribution in [-0.2, 0) is 13.6 Å². The van der Waals surface area contributed by atoms with Gasteiger partial charge in [0.05, 0.1) is 39.4 Å². The highest BCUT2D eigenvalue weighted by atomic mass is 31.2. The van der Waals surface area contributed by atoms with E-state index < -0.39 is 7.82 Å². The zero-order chi connectivity index (χ0) is 25.1. The summed E-state index contributed by atoms with van der Waals surface area (Å²) in [4.78, 5) is 12.2.